The highest BCUT2D eigenvalue weighted by Crippen LogP contribution is 2.29. The molecule has 0 amide bonds. The standard InChI is InChI=1S/C17H14ClFN2O3/c1-9-6-12(10(2)23-9)16-20-21-17(24-16)13(18)7-11-4-5-15(22-3)14(19)8-11/h4-8H,1-3H3/b13-7-. The van der Waals surface area contributed by atoms with Gasteiger partial charge in [-0.1, -0.05) is 17.7 Å². The molecule has 0 radical (unpaired) electrons. The quantitative estimate of drug-likeness (QED) is 0.675. The summed E-state index contributed by atoms with van der Waals surface area (Å²) in [4.78, 5) is 0. The van der Waals surface area contributed by atoms with E-state index in [1.54, 1.807) is 6.07 Å². The number of aromatic nitrogens is 2. The van der Waals surface area contributed by atoms with Gasteiger partial charge in [-0.25, -0.2) is 4.39 Å². The van der Waals surface area contributed by atoms with E-state index in [1.165, 1.54) is 25.3 Å². The maximum absolute atomic E-state index is 13.7. The predicted octanol–water partition coefficient (Wildman–Crippen LogP) is 4.83. The van der Waals surface area contributed by atoms with Gasteiger partial charge in [-0.2, -0.15) is 0 Å². The van der Waals surface area contributed by atoms with Crippen molar-refractivity contribution in [1.29, 1.82) is 0 Å². The van der Waals surface area contributed by atoms with Gasteiger partial charge in [0.05, 0.1) is 12.7 Å². The number of benzene rings is 1. The molecular formula is C17H14ClFN2O3. The number of halogens is 2. The van der Waals surface area contributed by atoms with E-state index in [9.17, 15) is 4.39 Å². The van der Waals surface area contributed by atoms with Crippen LogP contribution in [-0.4, -0.2) is 17.3 Å². The van der Waals surface area contributed by atoms with Gasteiger partial charge in [0.15, 0.2) is 11.6 Å². The Bertz CT molecular complexity index is 914. The molecule has 24 heavy (non-hydrogen) atoms. The van der Waals surface area contributed by atoms with Gasteiger partial charge in [0.2, 0.25) is 0 Å². The molecule has 0 fully saturated rings. The predicted molar refractivity (Wildman–Crippen MR) is 88.2 cm³/mol. The van der Waals surface area contributed by atoms with Crippen LogP contribution in [0.1, 0.15) is 23.0 Å². The van der Waals surface area contributed by atoms with Crippen LogP contribution in [0.5, 0.6) is 5.75 Å². The van der Waals surface area contributed by atoms with E-state index in [0.29, 0.717) is 22.8 Å². The SMILES string of the molecule is COc1ccc(/C=C(\Cl)c2nnc(-c3cc(C)oc3C)o2)cc1F. The molecule has 0 N–H and O–H groups in total. The van der Waals surface area contributed by atoms with Gasteiger partial charge in [-0.3, -0.25) is 0 Å². The zero-order valence-electron chi connectivity index (χ0n) is 13.3. The average molecular weight is 349 g/mol. The molecule has 3 aromatic rings. The van der Waals surface area contributed by atoms with Crippen molar-refractivity contribution in [2.45, 2.75) is 13.8 Å². The highest BCUT2D eigenvalue weighted by molar-refractivity contribution is 6.50. The molecule has 1 aromatic carbocycles. The maximum Gasteiger partial charge on any atom is 0.259 e. The first kappa shape index (κ1) is 16.3. The second-order valence-electron chi connectivity index (χ2n) is 5.13. The summed E-state index contributed by atoms with van der Waals surface area (Å²) in [6, 6.07) is 6.30. The highest BCUT2D eigenvalue weighted by Gasteiger charge is 2.16. The van der Waals surface area contributed by atoms with Gasteiger partial charge >= 0.3 is 0 Å². The van der Waals surface area contributed by atoms with Gasteiger partial charge in [0, 0.05) is 0 Å². The Labute approximate surface area is 142 Å². The highest BCUT2D eigenvalue weighted by atomic mass is 35.5. The zero-order valence-corrected chi connectivity index (χ0v) is 14.0. The molecule has 0 unspecified atom stereocenters. The molecular weight excluding hydrogens is 335 g/mol. The van der Waals surface area contributed by atoms with Crippen molar-refractivity contribution in [1.82, 2.24) is 10.2 Å². The minimum absolute atomic E-state index is 0.140. The van der Waals surface area contributed by atoms with Gasteiger partial charge < -0.3 is 13.6 Å². The van der Waals surface area contributed by atoms with Gasteiger partial charge in [0.25, 0.3) is 11.8 Å². The minimum Gasteiger partial charge on any atom is -0.494 e. The van der Waals surface area contributed by atoms with Crippen molar-refractivity contribution in [3.63, 3.8) is 0 Å². The largest absolute Gasteiger partial charge is 0.494 e. The Kier molecular flexibility index (Phi) is 4.40. The third-order valence-electron chi connectivity index (χ3n) is 3.37. The average Bonchev–Trinajstić information content (AvgIpc) is 3.14. The van der Waals surface area contributed by atoms with E-state index in [1.807, 2.05) is 19.9 Å². The van der Waals surface area contributed by atoms with E-state index in [2.05, 4.69) is 10.2 Å². The molecule has 2 heterocycles. The fraction of sp³-hybridized carbons (Fsp3) is 0.176. The number of furan rings is 1. The fourth-order valence-corrected chi connectivity index (χ4v) is 2.45. The van der Waals surface area contributed by atoms with Crippen LogP contribution in [0.15, 0.2) is 33.1 Å². The molecule has 3 rings (SSSR count). The van der Waals surface area contributed by atoms with Crippen LogP contribution >= 0.6 is 11.6 Å². The zero-order chi connectivity index (χ0) is 17.3. The molecule has 0 aliphatic carbocycles. The fourth-order valence-electron chi connectivity index (χ4n) is 2.25. The lowest BCUT2D eigenvalue weighted by Crippen LogP contribution is -1.88. The molecule has 0 aliphatic rings. The van der Waals surface area contributed by atoms with E-state index < -0.39 is 5.82 Å². The lowest BCUT2D eigenvalue weighted by atomic mass is 10.2. The van der Waals surface area contributed by atoms with Gasteiger partial charge in [-0.15, -0.1) is 10.2 Å². The molecule has 7 heteroatoms. The molecule has 0 saturated carbocycles. The molecule has 124 valence electrons. The van der Waals surface area contributed by atoms with Crippen molar-refractivity contribution < 1.29 is 18.0 Å². The second kappa shape index (κ2) is 6.49. The smallest absolute Gasteiger partial charge is 0.259 e. The summed E-state index contributed by atoms with van der Waals surface area (Å²) in [5, 5.41) is 8.10. The number of methoxy groups -OCH3 is 1. The molecule has 0 atom stereocenters. The molecule has 5 nitrogen and oxygen atoms in total. The van der Waals surface area contributed by atoms with Gasteiger partial charge in [-0.05, 0) is 43.7 Å². The molecule has 0 aliphatic heterocycles. The first-order valence-corrected chi connectivity index (χ1v) is 7.47. The third kappa shape index (κ3) is 3.19. The summed E-state index contributed by atoms with van der Waals surface area (Å²) in [5.74, 6) is 1.56. The molecule has 0 saturated heterocycles. The van der Waals surface area contributed by atoms with Gasteiger partial charge in [0.1, 0.15) is 16.6 Å². The monoisotopic (exact) mass is 348 g/mol. The molecule has 0 spiro atoms. The summed E-state index contributed by atoms with van der Waals surface area (Å²) in [7, 11) is 1.40. The first-order chi connectivity index (χ1) is 11.5. The van der Waals surface area contributed by atoms with Crippen LogP contribution in [0.3, 0.4) is 0 Å². The lowest BCUT2D eigenvalue weighted by Gasteiger charge is -2.02. The minimum atomic E-state index is -0.480. The number of hydrogen-bond acceptors (Lipinski definition) is 5. The van der Waals surface area contributed by atoms with E-state index in [-0.39, 0.29) is 16.7 Å². The summed E-state index contributed by atoms with van der Waals surface area (Å²) in [6.07, 6.45) is 1.54. The second-order valence-corrected chi connectivity index (χ2v) is 5.53. The van der Waals surface area contributed by atoms with Crippen LogP contribution < -0.4 is 4.74 Å². The summed E-state index contributed by atoms with van der Waals surface area (Å²) in [5.41, 5.74) is 1.26. The molecule has 0 bridgehead atoms. The number of nitrogens with zero attached hydrogens (tertiary/aromatic N) is 2. The Hall–Kier alpha value is -2.60. The Balaban J connectivity index is 1.89. The van der Waals surface area contributed by atoms with Crippen LogP contribution in [-0.2, 0) is 0 Å². The van der Waals surface area contributed by atoms with Crippen molar-refractivity contribution in [2.75, 3.05) is 7.11 Å². The maximum atomic E-state index is 13.7. The Morgan fingerprint density at radius 3 is 2.62 bits per heavy atom. The lowest BCUT2D eigenvalue weighted by molar-refractivity contribution is 0.386. The number of hydrogen-bond donors (Lipinski definition) is 0. The number of ether oxygens (including phenoxy) is 1. The Morgan fingerprint density at radius 1 is 1.21 bits per heavy atom. The van der Waals surface area contributed by atoms with Crippen LogP contribution in [0, 0.1) is 19.7 Å². The van der Waals surface area contributed by atoms with Crippen molar-refractivity contribution in [3.8, 4) is 17.2 Å². The Morgan fingerprint density at radius 2 is 2.00 bits per heavy atom. The number of rotatable bonds is 4. The van der Waals surface area contributed by atoms with Crippen LogP contribution in [0.25, 0.3) is 22.6 Å². The number of aryl methyl sites for hydroxylation is 2. The van der Waals surface area contributed by atoms with E-state index in [0.717, 1.165) is 5.76 Å². The first-order valence-electron chi connectivity index (χ1n) is 7.10. The van der Waals surface area contributed by atoms with E-state index >= 15 is 0 Å². The van der Waals surface area contributed by atoms with Crippen LogP contribution in [0.4, 0.5) is 4.39 Å². The third-order valence-corrected chi connectivity index (χ3v) is 3.64. The molecule has 2 aromatic heterocycles. The van der Waals surface area contributed by atoms with Crippen LogP contribution in [0.2, 0.25) is 0 Å². The topological polar surface area (TPSA) is 61.3 Å². The summed E-state index contributed by atoms with van der Waals surface area (Å²) < 4.78 is 29.6. The van der Waals surface area contributed by atoms with Crippen molar-refractivity contribution in [3.05, 3.63) is 53.1 Å². The summed E-state index contributed by atoms with van der Waals surface area (Å²) >= 11 is 6.20. The van der Waals surface area contributed by atoms with Crippen molar-refractivity contribution >= 4 is 22.7 Å². The van der Waals surface area contributed by atoms with E-state index in [4.69, 9.17) is 25.2 Å². The normalized spacial score (nSPS) is 11.8. The summed E-state index contributed by atoms with van der Waals surface area (Å²) in [6.45, 7) is 3.64. The van der Waals surface area contributed by atoms with Crippen molar-refractivity contribution in [2.24, 2.45) is 0 Å².